The van der Waals surface area contributed by atoms with Gasteiger partial charge in [0.25, 0.3) is 0 Å². The average molecular weight is 708 g/mol. The summed E-state index contributed by atoms with van der Waals surface area (Å²) < 4.78 is 15.3. The Kier molecular flexibility index (Phi) is 19.5. The third kappa shape index (κ3) is 22.3. The third-order valence-corrected chi connectivity index (χ3v) is 5.75. The number of hydrogen-bond donors (Lipinski definition) is 9. The van der Waals surface area contributed by atoms with Gasteiger partial charge in [-0.1, -0.05) is 0 Å². The molecule has 0 rings (SSSR count). The fourth-order valence-electron chi connectivity index (χ4n) is 3.65. The Bertz CT molecular complexity index is 953. The van der Waals surface area contributed by atoms with Crippen molar-refractivity contribution in [1.29, 1.82) is 0 Å². The lowest BCUT2D eigenvalue weighted by atomic mass is 10.2. The Labute approximate surface area is 287 Å². The summed E-state index contributed by atoms with van der Waals surface area (Å²) in [4.78, 5) is 75.7. The van der Waals surface area contributed by atoms with E-state index in [9.17, 15) is 44.1 Å². The minimum atomic E-state index is -1.29. The molecular weight excluding hydrogens is 650 g/mol. The SMILES string of the molecule is CC(C)(C)OC(=O)N[C@@H](CO)C(=O)NCCN(CCNC(=O)[C@H](CO)NC(=O)OC(C)(C)C)CCNC(=O)[C@H](CO)NC(=O)OC(C)(C)C. The normalized spacial score (nSPS) is 13.7. The third-order valence-electron chi connectivity index (χ3n) is 5.75. The first-order valence-electron chi connectivity index (χ1n) is 15.9. The largest absolute Gasteiger partial charge is 0.444 e. The van der Waals surface area contributed by atoms with Crippen molar-refractivity contribution < 1.29 is 58.3 Å². The number of carbonyl (C=O) groups is 6. The molecule has 0 unspecified atom stereocenters. The van der Waals surface area contributed by atoms with Gasteiger partial charge in [-0.05, 0) is 62.3 Å². The number of ether oxygens (including phenoxy) is 3. The van der Waals surface area contributed by atoms with Crippen LogP contribution in [0, 0.1) is 0 Å². The quantitative estimate of drug-likeness (QED) is 0.0720. The Morgan fingerprint density at radius 2 is 0.714 bits per heavy atom. The molecule has 0 aliphatic heterocycles. The molecule has 0 saturated carbocycles. The summed E-state index contributed by atoms with van der Waals surface area (Å²) in [7, 11) is 0. The van der Waals surface area contributed by atoms with Gasteiger partial charge in [-0.15, -0.1) is 0 Å². The van der Waals surface area contributed by atoms with Gasteiger partial charge in [-0.2, -0.15) is 0 Å². The second-order valence-corrected chi connectivity index (χ2v) is 13.9. The highest BCUT2D eigenvalue weighted by atomic mass is 16.6. The first-order chi connectivity index (χ1) is 22.5. The zero-order valence-corrected chi connectivity index (χ0v) is 30.1. The molecule has 19 nitrogen and oxygen atoms in total. The van der Waals surface area contributed by atoms with Gasteiger partial charge < -0.3 is 61.4 Å². The number of aliphatic hydroxyl groups excluding tert-OH is 3. The molecule has 0 bridgehead atoms. The number of alkyl carbamates (subject to hydrolysis) is 3. The van der Waals surface area contributed by atoms with Crippen molar-refractivity contribution in [1.82, 2.24) is 36.8 Å². The van der Waals surface area contributed by atoms with Crippen LogP contribution in [0.3, 0.4) is 0 Å². The van der Waals surface area contributed by atoms with E-state index in [0.29, 0.717) is 0 Å². The van der Waals surface area contributed by atoms with Gasteiger partial charge in [0, 0.05) is 39.3 Å². The predicted molar refractivity (Wildman–Crippen MR) is 176 cm³/mol. The first-order valence-corrected chi connectivity index (χ1v) is 15.9. The Hall–Kier alpha value is -3.94. The molecule has 19 heteroatoms. The minimum absolute atomic E-state index is 0.0200. The fourth-order valence-corrected chi connectivity index (χ4v) is 3.65. The van der Waals surface area contributed by atoms with E-state index in [1.165, 1.54) is 0 Å². The maximum Gasteiger partial charge on any atom is 0.408 e. The van der Waals surface area contributed by atoms with Crippen molar-refractivity contribution in [3.05, 3.63) is 0 Å². The number of amides is 6. The van der Waals surface area contributed by atoms with Crippen LogP contribution in [0.5, 0.6) is 0 Å². The lowest BCUT2D eigenvalue weighted by Crippen LogP contribution is -2.53. The summed E-state index contributed by atoms with van der Waals surface area (Å²) in [5, 5.41) is 43.5. The van der Waals surface area contributed by atoms with E-state index in [1.54, 1.807) is 67.2 Å². The summed E-state index contributed by atoms with van der Waals surface area (Å²) in [5.74, 6) is -2.06. The average Bonchev–Trinajstić information content (AvgIpc) is 2.93. The van der Waals surface area contributed by atoms with E-state index in [-0.39, 0.29) is 39.3 Å². The molecule has 3 atom stereocenters. The Balaban J connectivity index is 5.35. The zero-order valence-electron chi connectivity index (χ0n) is 30.1. The lowest BCUT2D eigenvalue weighted by Gasteiger charge is -2.26. The number of nitrogens with one attached hydrogen (secondary N) is 6. The van der Waals surface area contributed by atoms with Crippen LogP contribution >= 0.6 is 0 Å². The topological polar surface area (TPSA) is 266 Å². The predicted octanol–water partition coefficient (Wildman–Crippen LogP) is -1.71. The molecular formula is C30H57N7O12. The van der Waals surface area contributed by atoms with Gasteiger partial charge in [0.1, 0.15) is 34.9 Å². The molecule has 284 valence electrons. The van der Waals surface area contributed by atoms with Crippen molar-refractivity contribution in [2.45, 2.75) is 97.2 Å². The van der Waals surface area contributed by atoms with E-state index in [2.05, 4.69) is 31.9 Å². The monoisotopic (exact) mass is 707 g/mol. The number of carbonyl (C=O) groups excluding carboxylic acids is 6. The van der Waals surface area contributed by atoms with Crippen LogP contribution in [0.15, 0.2) is 0 Å². The van der Waals surface area contributed by atoms with Crippen molar-refractivity contribution in [3.63, 3.8) is 0 Å². The van der Waals surface area contributed by atoms with Crippen LogP contribution in [-0.2, 0) is 28.6 Å². The number of aliphatic hydroxyl groups is 3. The summed E-state index contributed by atoms with van der Waals surface area (Å²) in [6.45, 7) is 13.3. The molecule has 0 aromatic carbocycles. The van der Waals surface area contributed by atoms with Gasteiger partial charge in [0.15, 0.2) is 0 Å². The van der Waals surface area contributed by atoms with E-state index in [0.717, 1.165) is 0 Å². The summed E-state index contributed by atoms with van der Waals surface area (Å²) in [6, 6.07) is -3.87. The molecule has 0 aromatic rings. The van der Waals surface area contributed by atoms with Gasteiger partial charge in [0.2, 0.25) is 17.7 Å². The van der Waals surface area contributed by atoms with E-state index in [4.69, 9.17) is 14.2 Å². The van der Waals surface area contributed by atoms with E-state index < -0.39 is 90.8 Å². The number of rotatable bonds is 18. The van der Waals surface area contributed by atoms with Gasteiger partial charge in [-0.3, -0.25) is 19.3 Å². The second-order valence-electron chi connectivity index (χ2n) is 13.9. The van der Waals surface area contributed by atoms with Crippen LogP contribution in [0.2, 0.25) is 0 Å². The van der Waals surface area contributed by atoms with Crippen LogP contribution in [-0.4, -0.2) is 150 Å². The lowest BCUT2D eigenvalue weighted by molar-refractivity contribution is -0.124. The molecule has 49 heavy (non-hydrogen) atoms. The number of hydrogen-bond acceptors (Lipinski definition) is 13. The summed E-state index contributed by atoms with van der Waals surface area (Å²) in [6.07, 6.45) is -2.67. The summed E-state index contributed by atoms with van der Waals surface area (Å²) >= 11 is 0. The standard InChI is InChI=1S/C30H57N7O12/c1-28(2,3)47-25(44)34-19(16-38)22(41)31-10-13-37(14-11-32-23(42)20(17-39)35-26(45)48-29(4,5)6)15-12-33-24(43)21(18-40)36-27(46)49-30(7,8)9/h19-21,38-40H,10-18H2,1-9H3,(H,31,41)(H,32,42)(H,33,43)(H,34,44)(H,35,45)(H,36,46)/t19-,20-,21-/m0/s1. The molecule has 6 amide bonds. The summed E-state index contributed by atoms with van der Waals surface area (Å²) in [5.41, 5.74) is -2.46. The fraction of sp³-hybridized carbons (Fsp3) is 0.800. The van der Waals surface area contributed by atoms with Crippen LogP contribution in [0.25, 0.3) is 0 Å². The molecule has 0 heterocycles. The Morgan fingerprint density at radius 3 is 0.898 bits per heavy atom. The van der Waals surface area contributed by atoms with Gasteiger partial charge in [0.05, 0.1) is 19.8 Å². The van der Waals surface area contributed by atoms with Crippen LogP contribution < -0.4 is 31.9 Å². The highest BCUT2D eigenvalue weighted by Crippen LogP contribution is 2.08. The Morgan fingerprint density at radius 1 is 0.490 bits per heavy atom. The highest BCUT2D eigenvalue weighted by molar-refractivity contribution is 5.87. The van der Waals surface area contributed by atoms with Crippen LogP contribution in [0.4, 0.5) is 14.4 Å². The zero-order chi connectivity index (χ0) is 38.0. The smallest absolute Gasteiger partial charge is 0.408 e. The van der Waals surface area contributed by atoms with Crippen molar-refractivity contribution in [2.24, 2.45) is 0 Å². The molecule has 0 fully saturated rings. The first kappa shape index (κ1) is 45.1. The van der Waals surface area contributed by atoms with Gasteiger partial charge >= 0.3 is 18.3 Å². The molecule has 0 saturated heterocycles. The molecule has 0 aliphatic carbocycles. The maximum atomic E-state index is 12.6. The molecule has 0 radical (unpaired) electrons. The highest BCUT2D eigenvalue weighted by Gasteiger charge is 2.26. The van der Waals surface area contributed by atoms with E-state index in [1.807, 2.05) is 0 Å². The molecule has 0 spiro atoms. The van der Waals surface area contributed by atoms with Crippen molar-refractivity contribution >= 4 is 36.0 Å². The van der Waals surface area contributed by atoms with Crippen molar-refractivity contribution in [2.75, 3.05) is 59.1 Å². The number of nitrogens with zero attached hydrogens (tertiary/aromatic N) is 1. The minimum Gasteiger partial charge on any atom is -0.444 e. The molecule has 0 aromatic heterocycles. The van der Waals surface area contributed by atoms with Crippen molar-refractivity contribution in [3.8, 4) is 0 Å². The van der Waals surface area contributed by atoms with E-state index >= 15 is 0 Å². The second kappa shape index (κ2) is 21.2. The van der Waals surface area contributed by atoms with Crippen LogP contribution in [0.1, 0.15) is 62.3 Å². The van der Waals surface area contributed by atoms with Gasteiger partial charge in [-0.25, -0.2) is 14.4 Å². The molecule has 9 N–H and O–H groups in total. The maximum absolute atomic E-state index is 12.6. The molecule has 0 aliphatic rings.